The highest BCUT2D eigenvalue weighted by atomic mass is 16.6. The summed E-state index contributed by atoms with van der Waals surface area (Å²) in [5.74, 6) is -1.35. The molecule has 1 aromatic carbocycles. The standard InChI is InChI=1S/C18H20N2O6/c21-16(26-11-12-4-3-5-13(10-12)20(24)25)8-9-19-17(22)14-6-1-2-7-15(14)18(19)23/h3-5,10,14-15H,1-2,6-9,11H2/t14-,15-/m1/s1. The van der Waals surface area contributed by atoms with Crippen LogP contribution < -0.4 is 0 Å². The molecule has 1 heterocycles. The highest BCUT2D eigenvalue weighted by molar-refractivity contribution is 6.05. The number of esters is 1. The Kier molecular flexibility index (Phi) is 5.29. The van der Waals surface area contributed by atoms with Gasteiger partial charge in [-0.3, -0.25) is 29.4 Å². The first-order valence-corrected chi connectivity index (χ1v) is 8.71. The maximum Gasteiger partial charge on any atom is 0.307 e. The molecule has 26 heavy (non-hydrogen) atoms. The molecule has 0 bridgehead atoms. The van der Waals surface area contributed by atoms with E-state index in [-0.39, 0.29) is 48.9 Å². The van der Waals surface area contributed by atoms with Crippen molar-refractivity contribution in [3.8, 4) is 0 Å². The molecule has 0 aromatic heterocycles. The van der Waals surface area contributed by atoms with E-state index in [1.54, 1.807) is 6.07 Å². The lowest BCUT2D eigenvalue weighted by molar-refractivity contribution is -0.384. The topological polar surface area (TPSA) is 107 Å². The Morgan fingerprint density at radius 3 is 2.46 bits per heavy atom. The lowest BCUT2D eigenvalue weighted by Gasteiger charge is -2.19. The summed E-state index contributed by atoms with van der Waals surface area (Å²) >= 11 is 0. The van der Waals surface area contributed by atoms with Crippen molar-refractivity contribution in [2.75, 3.05) is 6.54 Å². The van der Waals surface area contributed by atoms with Crippen molar-refractivity contribution in [2.24, 2.45) is 11.8 Å². The number of hydrogen-bond donors (Lipinski definition) is 0. The quantitative estimate of drug-likeness (QED) is 0.333. The van der Waals surface area contributed by atoms with Crippen LogP contribution in [0, 0.1) is 22.0 Å². The molecule has 1 saturated heterocycles. The van der Waals surface area contributed by atoms with Crippen LogP contribution in [-0.2, 0) is 25.7 Å². The number of fused-ring (bicyclic) bond motifs is 1. The third-order valence-electron chi connectivity index (χ3n) is 4.99. The van der Waals surface area contributed by atoms with Gasteiger partial charge in [-0.15, -0.1) is 0 Å². The number of hydrogen-bond acceptors (Lipinski definition) is 6. The van der Waals surface area contributed by atoms with Gasteiger partial charge in [-0.05, 0) is 18.4 Å². The SMILES string of the molecule is O=C(CCN1C(=O)[C@@H]2CCCC[C@H]2C1=O)OCc1cccc([N+](=O)[O-])c1. The number of nitro benzene ring substituents is 1. The maximum atomic E-state index is 12.3. The van der Waals surface area contributed by atoms with Gasteiger partial charge in [0.25, 0.3) is 5.69 Å². The predicted octanol–water partition coefficient (Wildman–Crippen LogP) is 2.20. The summed E-state index contributed by atoms with van der Waals surface area (Å²) < 4.78 is 5.10. The molecule has 3 rings (SSSR count). The number of carbonyl (C=O) groups is 3. The van der Waals surface area contributed by atoms with Gasteiger partial charge in [-0.1, -0.05) is 25.0 Å². The highest BCUT2D eigenvalue weighted by Crippen LogP contribution is 2.37. The summed E-state index contributed by atoms with van der Waals surface area (Å²) in [5, 5.41) is 10.7. The van der Waals surface area contributed by atoms with Crippen molar-refractivity contribution in [2.45, 2.75) is 38.7 Å². The first-order valence-electron chi connectivity index (χ1n) is 8.71. The average molecular weight is 360 g/mol. The number of nitrogens with zero attached hydrogens (tertiary/aromatic N) is 2. The molecule has 0 radical (unpaired) electrons. The second-order valence-electron chi connectivity index (χ2n) is 6.66. The third-order valence-corrected chi connectivity index (χ3v) is 4.99. The molecule has 1 aliphatic heterocycles. The van der Waals surface area contributed by atoms with Gasteiger partial charge >= 0.3 is 5.97 Å². The van der Waals surface area contributed by atoms with Crippen molar-refractivity contribution >= 4 is 23.5 Å². The Balaban J connectivity index is 1.50. The van der Waals surface area contributed by atoms with Crippen molar-refractivity contribution in [3.05, 3.63) is 39.9 Å². The first-order chi connectivity index (χ1) is 12.5. The molecule has 2 aliphatic rings. The van der Waals surface area contributed by atoms with Crippen LogP contribution in [0.15, 0.2) is 24.3 Å². The normalized spacial score (nSPS) is 22.2. The molecule has 1 saturated carbocycles. The summed E-state index contributed by atoms with van der Waals surface area (Å²) in [5.41, 5.74) is 0.432. The zero-order valence-corrected chi connectivity index (χ0v) is 14.3. The Hall–Kier alpha value is -2.77. The summed E-state index contributed by atoms with van der Waals surface area (Å²) in [7, 11) is 0. The summed E-state index contributed by atoms with van der Waals surface area (Å²) in [4.78, 5) is 48.0. The predicted molar refractivity (Wildman–Crippen MR) is 89.7 cm³/mol. The van der Waals surface area contributed by atoms with Crippen molar-refractivity contribution in [3.63, 3.8) is 0 Å². The van der Waals surface area contributed by atoms with Crippen molar-refractivity contribution in [1.82, 2.24) is 4.90 Å². The molecule has 8 nitrogen and oxygen atoms in total. The molecule has 0 N–H and O–H groups in total. The van der Waals surface area contributed by atoms with E-state index in [0.717, 1.165) is 25.7 Å². The molecule has 8 heteroatoms. The van der Waals surface area contributed by atoms with Gasteiger partial charge in [0.1, 0.15) is 6.61 Å². The Labute approximate surface area is 150 Å². The number of non-ortho nitro benzene ring substituents is 1. The monoisotopic (exact) mass is 360 g/mol. The first kappa shape index (κ1) is 18.0. The van der Waals surface area contributed by atoms with Crippen molar-refractivity contribution in [1.29, 1.82) is 0 Å². The summed E-state index contributed by atoms with van der Waals surface area (Å²) in [6, 6.07) is 5.84. The summed E-state index contributed by atoms with van der Waals surface area (Å²) in [6.45, 7) is -0.0634. The van der Waals surface area contributed by atoms with E-state index in [0.29, 0.717) is 5.56 Å². The van der Waals surface area contributed by atoms with Gasteiger partial charge in [-0.2, -0.15) is 0 Å². The lowest BCUT2D eigenvalue weighted by atomic mass is 9.81. The average Bonchev–Trinajstić information content (AvgIpc) is 2.89. The van der Waals surface area contributed by atoms with Crippen LogP contribution in [0.5, 0.6) is 0 Å². The lowest BCUT2D eigenvalue weighted by Crippen LogP contribution is -2.33. The Morgan fingerprint density at radius 2 is 1.85 bits per heavy atom. The molecule has 2 amide bonds. The number of carbonyl (C=O) groups excluding carboxylic acids is 3. The molecule has 1 aromatic rings. The highest BCUT2D eigenvalue weighted by Gasteiger charge is 2.47. The van der Waals surface area contributed by atoms with Gasteiger partial charge in [-0.25, -0.2) is 0 Å². The number of imide groups is 1. The molecule has 1 aliphatic carbocycles. The molecule has 2 atom stereocenters. The van der Waals surface area contributed by atoms with Gasteiger partial charge in [0.05, 0.1) is 23.2 Å². The fourth-order valence-corrected chi connectivity index (χ4v) is 3.65. The molecular weight excluding hydrogens is 340 g/mol. The number of amides is 2. The largest absolute Gasteiger partial charge is 0.461 e. The fourth-order valence-electron chi connectivity index (χ4n) is 3.65. The molecule has 0 unspecified atom stereocenters. The van der Waals surface area contributed by atoms with Crippen LogP contribution >= 0.6 is 0 Å². The minimum absolute atomic E-state index is 0.0262. The van der Waals surface area contributed by atoms with Gasteiger partial charge in [0, 0.05) is 18.7 Å². The maximum absolute atomic E-state index is 12.3. The zero-order chi connectivity index (χ0) is 18.7. The number of benzene rings is 1. The fraction of sp³-hybridized carbons (Fsp3) is 0.500. The van der Waals surface area contributed by atoms with Crippen LogP contribution in [-0.4, -0.2) is 34.2 Å². The van der Waals surface area contributed by atoms with E-state index in [1.165, 1.54) is 23.1 Å². The summed E-state index contributed by atoms with van der Waals surface area (Å²) in [6.07, 6.45) is 3.32. The number of nitro groups is 1. The molecule has 0 spiro atoms. The Morgan fingerprint density at radius 1 is 1.19 bits per heavy atom. The molecule has 2 fully saturated rings. The van der Waals surface area contributed by atoms with Crippen molar-refractivity contribution < 1.29 is 24.0 Å². The van der Waals surface area contributed by atoms with E-state index in [9.17, 15) is 24.5 Å². The van der Waals surface area contributed by atoms with Crippen LogP contribution in [0.25, 0.3) is 0 Å². The van der Waals surface area contributed by atoms with Gasteiger partial charge in [0.2, 0.25) is 11.8 Å². The van der Waals surface area contributed by atoms with Crippen LogP contribution in [0.1, 0.15) is 37.7 Å². The minimum Gasteiger partial charge on any atom is -0.461 e. The second kappa shape index (κ2) is 7.63. The van der Waals surface area contributed by atoms with Gasteiger partial charge < -0.3 is 4.74 Å². The van der Waals surface area contributed by atoms with E-state index < -0.39 is 10.9 Å². The number of ether oxygens (including phenoxy) is 1. The van der Waals surface area contributed by atoms with Crippen LogP contribution in [0.3, 0.4) is 0 Å². The van der Waals surface area contributed by atoms with Crippen LogP contribution in [0.4, 0.5) is 5.69 Å². The minimum atomic E-state index is -0.549. The molecular formula is C18H20N2O6. The van der Waals surface area contributed by atoms with E-state index in [1.807, 2.05) is 0 Å². The second-order valence-corrected chi connectivity index (χ2v) is 6.66. The van der Waals surface area contributed by atoms with Crippen LogP contribution in [0.2, 0.25) is 0 Å². The van der Waals surface area contributed by atoms with Gasteiger partial charge in [0.15, 0.2) is 0 Å². The van der Waals surface area contributed by atoms with E-state index in [2.05, 4.69) is 0 Å². The number of rotatable bonds is 6. The smallest absolute Gasteiger partial charge is 0.307 e. The third kappa shape index (κ3) is 3.74. The number of likely N-dealkylation sites (tertiary alicyclic amines) is 1. The zero-order valence-electron chi connectivity index (χ0n) is 14.3. The Bertz CT molecular complexity index is 723. The molecule has 138 valence electrons. The van der Waals surface area contributed by atoms with E-state index >= 15 is 0 Å². The van der Waals surface area contributed by atoms with E-state index in [4.69, 9.17) is 4.74 Å².